The largest absolute Gasteiger partial charge is 1.00 e. The van der Waals surface area contributed by atoms with Crippen LogP contribution in [-0.4, -0.2) is 12.5 Å². The van der Waals surface area contributed by atoms with E-state index in [0.29, 0.717) is 0 Å². The molecule has 0 aromatic heterocycles. The molecule has 0 unspecified atom stereocenters. The van der Waals surface area contributed by atoms with Crippen LogP contribution < -0.4 is 29.6 Å². The second kappa shape index (κ2) is 19.1. The third kappa shape index (κ3) is 12.3. The molecular weight excluding hydrogens is 819 g/mol. The second-order valence-electron chi connectivity index (χ2n) is 19.6. The minimum Gasteiger partial charge on any atom is -1.00 e. The van der Waals surface area contributed by atoms with Crippen LogP contribution in [0.1, 0.15) is 116 Å². The number of rotatable bonds is 3. The summed E-state index contributed by atoms with van der Waals surface area (Å²) < 4.78 is 5.87. The molecule has 6 rings (SSSR count). The van der Waals surface area contributed by atoms with E-state index in [4.69, 9.17) is 4.74 Å². The molecule has 300 valence electrons. The molecule has 6 aromatic carbocycles. The SMILES string of the molecule is COc1c(C(C)(C)C)cc2[cH-]c(C)cc2c1-c1ccccc1.C[Si](C)=[Zr+2].Cc1cc2c(-c3cc(C(C)(C)C)cc(C(C)(C)C)c3)cc(C(C)(C)C)cc2[cH-]1.[Cl-].[Cl-]. The van der Waals surface area contributed by atoms with E-state index in [0.717, 1.165) is 5.75 Å². The zero-order valence-corrected chi connectivity index (χ0v) is 42.3. The van der Waals surface area contributed by atoms with Crippen LogP contribution in [0, 0.1) is 13.8 Å². The Morgan fingerprint density at radius 2 is 0.964 bits per heavy atom. The molecule has 0 radical (unpaired) electrons. The van der Waals surface area contributed by atoms with Crippen LogP contribution in [0.2, 0.25) is 13.1 Å². The molecule has 0 atom stereocenters. The Morgan fingerprint density at radius 3 is 1.39 bits per heavy atom. The van der Waals surface area contributed by atoms with E-state index in [-0.39, 0.29) is 51.9 Å². The maximum Gasteiger partial charge on any atom is -0.0132 e. The van der Waals surface area contributed by atoms with Crippen molar-refractivity contribution in [3.05, 3.63) is 124 Å². The van der Waals surface area contributed by atoms with Gasteiger partial charge in [-0.25, -0.2) is 0 Å². The van der Waals surface area contributed by atoms with Gasteiger partial charge < -0.3 is 29.6 Å². The van der Waals surface area contributed by atoms with Gasteiger partial charge in [0.25, 0.3) is 0 Å². The monoisotopic (exact) mass is 882 g/mol. The van der Waals surface area contributed by atoms with Crippen LogP contribution >= 0.6 is 0 Å². The molecule has 0 N–H and O–H groups in total. The molecule has 56 heavy (non-hydrogen) atoms. The molecule has 0 spiro atoms. The van der Waals surface area contributed by atoms with Crippen LogP contribution in [-0.2, 0) is 45.0 Å². The van der Waals surface area contributed by atoms with Crippen molar-refractivity contribution in [2.24, 2.45) is 0 Å². The zero-order chi connectivity index (χ0) is 40.6. The van der Waals surface area contributed by atoms with Crippen molar-refractivity contribution in [3.8, 4) is 28.0 Å². The van der Waals surface area contributed by atoms with Crippen molar-refractivity contribution in [1.29, 1.82) is 0 Å². The molecule has 0 bridgehead atoms. The van der Waals surface area contributed by atoms with Gasteiger partial charge in [-0.3, -0.25) is 0 Å². The molecule has 5 heteroatoms. The summed E-state index contributed by atoms with van der Waals surface area (Å²) in [6.07, 6.45) is 0. The fourth-order valence-corrected chi connectivity index (χ4v) is 6.94. The van der Waals surface area contributed by atoms with E-state index in [1.165, 1.54) is 77.2 Å². The average Bonchev–Trinajstić information content (AvgIpc) is 3.62. The van der Waals surface area contributed by atoms with Crippen molar-refractivity contribution >= 4 is 27.0 Å². The van der Waals surface area contributed by atoms with Gasteiger partial charge in [0.1, 0.15) is 5.75 Å². The number of benzene rings is 4. The first-order chi connectivity index (χ1) is 24.8. The summed E-state index contributed by atoms with van der Waals surface area (Å²) in [5.41, 5.74) is 13.9. The molecule has 0 saturated carbocycles. The summed E-state index contributed by atoms with van der Waals surface area (Å²) in [6, 6.07) is 34.1. The van der Waals surface area contributed by atoms with Gasteiger partial charge in [-0.05, 0) is 55.0 Å². The summed E-state index contributed by atoms with van der Waals surface area (Å²) in [5, 5.41) is 5.30. The maximum absolute atomic E-state index is 5.87. The Labute approximate surface area is 368 Å². The van der Waals surface area contributed by atoms with Crippen molar-refractivity contribution < 1.29 is 52.9 Å². The van der Waals surface area contributed by atoms with Crippen LogP contribution in [0.5, 0.6) is 5.75 Å². The molecule has 6 aromatic rings. The first-order valence-electron chi connectivity index (χ1n) is 19.5. The average molecular weight is 885 g/mol. The van der Waals surface area contributed by atoms with Crippen LogP contribution in [0.15, 0.2) is 91.0 Å². The third-order valence-corrected chi connectivity index (χ3v) is 9.99. The standard InChI is InChI=1S/C28H37.C21H23O.C2H6Si.2ClH.Zr/c1-18-11-19-13-23(28(8,9)10)17-25(24(19)12-18)20-14-21(26(2,3)4)16-22(15-20)27(5,6)7;1-14-11-16-13-18(21(2,3)4)20(22-5)19(17(16)12-14)15-9-7-6-8-10-15;1-3-2;;;/h11-17H,1-10H3;6-13H,1-5H3;1-2H3;2*1H;/q2*-1;;;;+2/p-2. The Morgan fingerprint density at radius 1 is 0.536 bits per heavy atom. The smallest absolute Gasteiger partial charge is 0.0132 e. The van der Waals surface area contributed by atoms with Crippen molar-refractivity contribution in [2.75, 3.05) is 7.11 Å². The number of halogens is 2. The van der Waals surface area contributed by atoms with Gasteiger partial charge in [-0.2, -0.15) is 12.1 Å². The summed E-state index contributed by atoms with van der Waals surface area (Å²) in [5.74, 6) is 0.997. The quantitative estimate of drug-likeness (QED) is 0.128. The van der Waals surface area contributed by atoms with Crippen LogP contribution in [0.25, 0.3) is 43.8 Å². The van der Waals surface area contributed by atoms with E-state index in [9.17, 15) is 0 Å². The third-order valence-electron chi connectivity index (χ3n) is 9.99. The Balaban J connectivity index is 0.000000349. The number of ether oxygens (including phenoxy) is 1. The molecule has 0 saturated heterocycles. The van der Waals surface area contributed by atoms with Gasteiger partial charge in [0, 0.05) is 0 Å². The topological polar surface area (TPSA) is 9.23 Å². The minimum absolute atomic E-state index is 0. The minimum atomic E-state index is 0. The molecule has 0 heterocycles. The Bertz CT molecular complexity index is 2210. The van der Waals surface area contributed by atoms with E-state index in [1.54, 1.807) is 30.4 Å². The fraction of sp³-hybridized carbons (Fsp3) is 0.412. The summed E-state index contributed by atoms with van der Waals surface area (Å²) in [6.45, 7) is 36.5. The van der Waals surface area contributed by atoms with Crippen LogP contribution in [0.4, 0.5) is 0 Å². The molecule has 0 fully saturated rings. The predicted octanol–water partition coefficient (Wildman–Crippen LogP) is 9.06. The van der Waals surface area contributed by atoms with Crippen molar-refractivity contribution in [1.82, 2.24) is 0 Å². The maximum atomic E-state index is 5.87. The van der Waals surface area contributed by atoms with E-state index < -0.39 is 0 Å². The fourth-order valence-electron chi connectivity index (χ4n) is 6.94. The van der Waals surface area contributed by atoms with E-state index in [1.807, 2.05) is 0 Å². The molecule has 1 nitrogen and oxygen atoms in total. The molecular formula is C51H66Cl2OSiZr-2. The van der Waals surface area contributed by atoms with Crippen molar-refractivity contribution in [2.45, 2.75) is 132 Å². The van der Waals surface area contributed by atoms with Crippen molar-refractivity contribution in [3.63, 3.8) is 0 Å². The number of aryl methyl sites for hydroxylation is 2. The molecule has 0 amide bonds. The molecule has 0 aliphatic rings. The van der Waals surface area contributed by atoms with Gasteiger partial charge in [0.15, 0.2) is 0 Å². The Hall–Kier alpha value is -2.42. The first kappa shape index (κ1) is 49.7. The molecule has 0 aliphatic carbocycles. The number of hydrogen-bond donors (Lipinski definition) is 0. The van der Waals surface area contributed by atoms with Gasteiger partial charge in [0.2, 0.25) is 0 Å². The first-order valence-corrected chi connectivity index (χ1v) is 25.7. The van der Waals surface area contributed by atoms with Crippen LogP contribution in [0.3, 0.4) is 0 Å². The molecule has 0 aliphatic heterocycles. The van der Waals surface area contributed by atoms with Gasteiger partial charge in [0.05, 0.1) is 7.11 Å². The van der Waals surface area contributed by atoms with Gasteiger partial charge >= 0.3 is 41.9 Å². The number of fused-ring (bicyclic) bond motifs is 2. The van der Waals surface area contributed by atoms with E-state index in [2.05, 4.69) is 201 Å². The summed E-state index contributed by atoms with van der Waals surface area (Å²) in [4.78, 5) is 0. The Kier molecular flexibility index (Phi) is 17.0. The van der Waals surface area contributed by atoms with Gasteiger partial charge in [-0.1, -0.05) is 163 Å². The summed E-state index contributed by atoms with van der Waals surface area (Å²) >= 11 is 1.74. The van der Waals surface area contributed by atoms with Gasteiger partial charge in [-0.15, -0.1) is 56.9 Å². The van der Waals surface area contributed by atoms with E-state index >= 15 is 0 Å². The summed E-state index contributed by atoms with van der Waals surface area (Å²) in [7, 11) is 1.78. The number of methoxy groups -OCH3 is 1. The second-order valence-corrected chi connectivity index (χ2v) is 29.0. The normalized spacial score (nSPS) is 11.8. The zero-order valence-electron chi connectivity index (χ0n) is 37.3. The number of hydrogen-bond acceptors (Lipinski definition) is 1. The predicted molar refractivity (Wildman–Crippen MR) is 238 cm³/mol.